The molecule has 3 rings (SSSR count). The van der Waals surface area contributed by atoms with Gasteiger partial charge in [-0.05, 0) is 37.3 Å². The highest BCUT2D eigenvalue weighted by molar-refractivity contribution is 5.84. The molecule has 5 heteroatoms. The molecule has 1 aliphatic heterocycles. The predicted octanol–water partition coefficient (Wildman–Crippen LogP) is 2.27. The van der Waals surface area contributed by atoms with Crippen molar-refractivity contribution < 1.29 is 14.7 Å². The minimum Gasteiger partial charge on any atom is -0.481 e. The van der Waals surface area contributed by atoms with Gasteiger partial charge in [0.2, 0.25) is 5.91 Å². The van der Waals surface area contributed by atoms with Gasteiger partial charge in [0.15, 0.2) is 0 Å². The quantitative estimate of drug-likeness (QED) is 0.946. The number of aryl methyl sites for hydroxylation is 1. The monoisotopic (exact) mass is 300 g/mol. The lowest BCUT2D eigenvalue weighted by Crippen LogP contribution is -2.41. The van der Waals surface area contributed by atoms with Gasteiger partial charge in [0.05, 0.1) is 5.92 Å². The van der Waals surface area contributed by atoms with Crippen molar-refractivity contribution in [1.29, 1.82) is 0 Å². The molecule has 22 heavy (non-hydrogen) atoms. The van der Waals surface area contributed by atoms with E-state index < -0.39 is 5.97 Å². The topological polar surface area (TPSA) is 62.5 Å². The summed E-state index contributed by atoms with van der Waals surface area (Å²) in [6, 6.07) is 10.1. The van der Waals surface area contributed by atoms with Gasteiger partial charge in [0.25, 0.3) is 0 Å². The molecule has 0 aliphatic carbocycles. The first-order valence-corrected chi connectivity index (χ1v) is 7.61. The summed E-state index contributed by atoms with van der Waals surface area (Å²) in [4.78, 5) is 25.3. The summed E-state index contributed by atoms with van der Waals surface area (Å²) in [5, 5.41) is 10.2. The van der Waals surface area contributed by atoms with E-state index in [-0.39, 0.29) is 11.8 Å². The smallest absolute Gasteiger partial charge is 0.306 e. The molecule has 0 bridgehead atoms. The SMILES string of the molecule is Cc1cc2ccccc2n1CC(=O)N1CCC(C(=O)O)CC1. The van der Waals surface area contributed by atoms with Crippen LogP contribution < -0.4 is 0 Å². The molecule has 1 aromatic heterocycles. The van der Waals surface area contributed by atoms with Gasteiger partial charge in [-0.3, -0.25) is 9.59 Å². The molecule has 1 fully saturated rings. The third-order valence-corrected chi connectivity index (χ3v) is 4.51. The number of hydrogen-bond donors (Lipinski definition) is 1. The van der Waals surface area contributed by atoms with Crippen LogP contribution in [-0.4, -0.2) is 39.5 Å². The Morgan fingerprint density at radius 1 is 1.23 bits per heavy atom. The number of rotatable bonds is 3. The van der Waals surface area contributed by atoms with Crippen LogP contribution >= 0.6 is 0 Å². The van der Waals surface area contributed by atoms with Crippen LogP contribution in [0.5, 0.6) is 0 Å². The van der Waals surface area contributed by atoms with Crippen LogP contribution in [0.4, 0.5) is 0 Å². The summed E-state index contributed by atoms with van der Waals surface area (Å²) in [5.74, 6) is -0.995. The maximum atomic E-state index is 12.5. The average Bonchev–Trinajstić information content (AvgIpc) is 2.83. The van der Waals surface area contributed by atoms with Crippen LogP contribution in [0.15, 0.2) is 30.3 Å². The van der Waals surface area contributed by atoms with Crippen molar-refractivity contribution in [3.63, 3.8) is 0 Å². The van der Waals surface area contributed by atoms with Crippen molar-refractivity contribution in [1.82, 2.24) is 9.47 Å². The molecule has 2 aromatic rings. The minimum atomic E-state index is -0.751. The number of carboxylic acid groups (broad SMARTS) is 1. The van der Waals surface area contributed by atoms with E-state index in [4.69, 9.17) is 5.11 Å². The lowest BCUT2D eigenvalue weighted by molar-refractivity contribution is -0.145. The number of aromatic nitrogens is 1. The molecule has 0 spiro atoms. The fraction of sp³-hybridized carbons (Fsp3) is 0.412. The number of hydrogen-bond acceptors (Lipinski definition) is 2. The molecule has 1 N–H and O–H groups in total. The van der Waals surface area contributed by atoms with E-state index in [1.54, 1.807) is 4.90 Å². The largest absolute Gasteiger partial charge is 0.481 e. The van der Waals surface area contributed by atoms with Crippen LogP contribution in [0, 0.1) is 12.8 Å². The summed E-state index contributed by atoms with van der Waals surface area (Å²) in [5.41, 5.74) is 2.13. The van der Waals surface area contributed by atoms with Gasteiger partial charge >= 0.3 is 5.97 Å². The summed E-state index contributed by atoms with van der Waals surface area (Å²) >= 11 is 0. The summed E-state index contributed by atoms with van der Waals surface area (Å²) in [6.07, 6.45) is 1.10. The number of aliphatic carboxylic acids is 1. The molecule has 0 atom stereocenters. The number of carbonyl (C=O) groups excluding carboxylic acids is 1. The number of benzene rings is 1. The molecule has 0 radical (unpaired) electrons. The Labute approximate surface area is 129 Å². The first kappa shape index (κ1) is 14.6. The molecule has 2 heterocycles. The van der Waals surface area contributed by atoms with Crippen molar-refractivity contribution in [2.75, 3.05) is 13.1 Å². The second kappa shape index (κ2) is 5.83. The van der Waals surface area contributed by atoms with E-state index in [2.05, 4.69) is 6.07 Å². The molecule has 1 aliphatic rings. The van der Waals surface area contributed by atoms with Gasteiger partial charge in [-0.1, -0.05) is 18.2 Å². The maximum Gasteiger partial charge on any atom is 0.306 e. The Bertz CT molecular complexity index is 712. The molecule has 0 unspecified atom stereocenters. The number of para-hydroxylation sites is 1. The van der Waals surface area contributed by atoms with Crippen molar-refractivity contribution >= 4 is 22.8 Å². The van der Waals surface area contributed by atoms with E-state index in [0.29, 0.717) is 32.5 Å². The predicted molar refractivity (Wildman–Crippen MR) is 83.6 cm³/mol. The van der Waals surface area contributed by atoms with Crippen LogP contribution in [-0.2, 0) is 16.1 Å². The van der Waals surface area contributed by atoms with E-state index in [0.717, 1.165) is 16.6 Å². The summed E-state index contributed by atoms with van der Waals surface area (Å²) in [6.45, 7) is 3.39. The van der Waals surface area contributed by atoms with Gasteiger partial charge in [-0.15, -0.1) is 0 Å². The Balaban J connectivity index is 1.72. The highest BCUT2D eigenvalue weighted by Crippen LogP contribution is 2.21. The molecule has 116 valence electrons. The Morgan fingerprint density at radius 2 is 1.91 bits per heavy atom. The van der Waals surface area contributed by atoms with Gasteiger partial charge in [0, 0.05) is 24.3 Å². The Hall–Kier alpha value is -2.30. The zero-order chi connectivity index (χ0) is 15.7. The summed E-state index contributed by atoms with van der Waals surface area (Å²) in [7, 11) is 0. The third kappa shape index (κ3) is 2.71. The standard InChI is InChI=1S/C17H20N2O3/c1-12-10-14-4-2-3-5-15(14)19(12)11-16(20)18-8-6-13(7-9-18)17(21)22/h2-5,10,13H,6-9,11H2,1H3,(H,21,22). The molecular formula is C17H20N2O3. The summed E-state index contributed by atoms with van der Waals surface area (Å²) < 4.78 is 2.03. The highest BCUT2D eigenvalue weighted by Gasteiger charge is 2.27. The van der Waals surface area contributed by atoms with E-state index in [1.807, 2.05) is 35.8 Å². The Kier molecular flexibility index (Phi) is 3.88. The third-order valence-electron chi connectivity index (χ3n) is 4.51. The fourth-order valence-electron chi connectivity index (χ4n) is 3.17. The number of amides is 1. The number of nitrogens with zero attached hydrogens (tertiary/aromatic N) is 2. The second-order valence-electron chi connectivity index (χ2n) is 5.92. The van der Waals surface area contributed by atoms with Crippen LogP contribution in [0.2, 0.25) is 0 Å². The molecule has 1 amide bonds. The second-order valence-corrected chi connectivity index (χ2v) is 5.92. The number of carboxylic acids is 1. The maximum absolute atomic E-state index is 12.5. The van der Waals surface area contributed by atoms with Gasteiger partial charge in [-0.2, -0.15) is 0 Å². The zero-order valence-electron chi connectivity index (χ0n) is 12.7. The van der Waals surface area contributed by atoms with Crippen molar-refractivity contribution in [2.45, 2.75) is 26.3 Å². The number of fused-ring (bicyclic) bond motifs is 1. The minimum absolute atomic E-state index is 0.0632. The van der Waals surface area contributed by atoms with Crippen molar-refractivity contribution in [3.8, 4) is 0 Å². The Morgan fingerprint density at radius 3 is 2.59 bits per heavy atom. The molecule has 1 saturated heterocycles. The van der Waals surface area contributed by atoms with Crippen molar-refractivity contribution in [3.05, 3.63) is 36.0 Å². The van der Waals surface area contributed by atoms with E-state index >= 15 is 0 Å². The average molecular weight is 300 g/mol. The first-order valence-electron chi connectivity index (χ1n) is 7.61. The normalized spacial score (nSPS) is 16.1. The lowest BCUT2D eigenvalue weighted by atomic mass is 9.97. The van der Waals surface area contributed by atoms with E-state index in [9.17, 15) is 9.59 Å². The van der Waals surface area contributed by atoms with Crippen molar-refractivity contribution in [2.24, 2.45) is 5.92 Å². The molecular weight excluding hydrogens is 280 g/mol. The van der Waals surface area contributed by atoms with Crippen LogP contribution in [0.1, 0.15) is 18.5 Å². The number of carbonyl (C=O) groups is 2. The molecule has 1 aromatic carbocycles. The van der Waals surface area contributed by atoms with Gasteiger partial charge in [-0.25, -0.2) is 0 Å². The van der Waals surface area contributed by atoms with Gasteiger partial charge in [0.1, 0.15) is 6.54 Å². The lowest BCUT2D eigenvalue weighted by Gasteiger charge is -2.30. The van der Waals surface area contributed by atoms with E-state index in [1.165, 1.54) is 0 Å². The van der Waals surface area contributed by atoms with Crippen LogP contribution in [0.3, 0.4) is 0 Å². The fourth-order valence-corrected chi connectivity index (χ4v) is 3.17. The van der Waals surface area contributed by atoms with Crippen LogP contribution in [0.25, 0.3) is 10.9 Å². The first-order chi connectivity index (χ1) is 10.6. The zero-order valence-corrected chi connectivity index (χ0v) is 12.7. The number of likely N-dealkylation sites (tertiary alicyclic amines) is 1. The van der Waals surface area contributed by atoms with Gasteiger partial charge < -0.3 is 14.6 Å². The molecule has 0 saturated carbocycles. The number of piperidine rings is 1. The molecule has 5 nitrogen and oxygen atoms in total. The highest BCUT2D eigenvalue weighted by atomic mass is 16.4.